The first kappa shape index (κ1) is 17.4. The SMILES string of the molecule is CC(C)[N+]1(C)C2CCC1CC(C(C)(C(=O)OO)c1ccccc1)C2. The lowest BCUT2D eigenvalue weighted by molar-refractivity contribution is -0.968. The van der Waals surface area contributed by atoms with Crippen LogP contribution in [0, 0.1) is 5.92 Å². The Morgan fingerprint density at radius 1 is 1.21 bits per heavy atom. The van der Waals surface area contributed by atoms with Gasteiger partial charge in [-0.05, 0) is 32.3 Å². The van der Waals surface area contributed by atoms with Crippen molar-refractivity contribution in [3.05, 3.63) is 35.9 Å². The largest absolute Gasteiger partial charge is 0.352 e. The molecule has 2 bridgehead atoms. The number of nitrogens with zero attached hydrogens (tertiary/aromatic N) is 1. The Kier molecular flexibility index (Phi) is 4.47. The monoisotopic (exact) mass is 332 g/mol. The zero-order valence-electron chi connectivity index (χ0n) is 15.2. The molecule has 2 aliphatic heterocycles. The van der Waals surface area contributed by atoms with Gasteiger partial charge in [-0.3, -0.25) is 0 Å². The highest BCUT2D eigenvalue weighted by molar-refractivity contribution is 5.82. The van der Waals surface area contributed by atoms with Crippen LogP contribution in [0.2, 0.25) is 0 Å². The molecule has 2 heterocycles. The third-order valence-electron chi connectivity index (χ3n) is 7.33. The summed E-state index contributed by atoms with van der Waals surface area (Å²) in [5, 5.41) is 9.15. The predicted molar refractivity (Wildman–Crippen MR) is 93.4 cm³/mol. The Bertz CT molecular complexity index is 586. The van der Waals surface area contributed by atoms with E-state index in [-0.39, 0.29) is 5.92 Å². The average Bonchev–Trinajstić information content (AvgIpc) is 2.78. The van der Waals surface area contributed by atoms with Crippen LogP contribution in [0.25, 0.3) is 0 Å². The van der Waals surface area contributed by atoms with Gasteiger partial charge >= 0.3 is 5.97 Å². The molecule has 3 atom stereocenters. The van der Waals surface area contributed by atoms with Gasteiger partial charge < -0.3 is 9.37 Å². The fourth-order valence-electron chi connectivity index (χ4n) is 5.40. The van der Waals surface area contributed by atoms with Crippen LogP contribution in [-0.2, 0) is 15.1 Å². The summed E-state index contributed by atoms with van der Waals surface area (Å²) < 4.78 is 1.12. The molecule has 0 aliphatic carbocycles. The van der Waals surface area contributed by atoms with Crippen molar-refractivity contribution in [1.82, 2.24) is 0 Å². The first-order valence-corrected chi connectivity index (χ1v) is 9.12. The lowest BCUT2D eigenvalue weighted by Gasteiger charge is -2.52. The summed E-state index contributed by atoms with van der Waals surface area (Å²) in [5.41, 5.74) is 0.146. The summed E-state index contributed by atoms with van der Waals surface area (Å²) in [4.78, 5) is 16.9. The minimum atomic E-state index is -0.793. The van der Waals surface area contributed by atoms with Crippen LogP contribution in [-0.4, -0.2) is 40.9 Å². The zero-order chi connectivity index (χ0) is 17.5. The fourth-order valence-corrected chi connectivity index (χ4v) is 5.40. The molecule has 0 spiro atoms. The van der Waals surface area contributed by atoms with Gasteiger partial charge in [0.05, 0.1) is 30.6 Å². The molecule has 132 valence electrons. The summed E-state index contributed by atoms with van der Waals surface area (Å²) in [5.74, 6) is -0.333. The van der Waals surface area contributed by atoms with Crippen molar-refractivity contribution in [2.24, 2.45) is 5.92 Å². The Morgan fingerprint density at radius 3 is 2.21 bits per heavy atom. The highest BCUT2D eigenvalue weighted by Crippen LogP contribution is 2.51. The lowest BCUT2D eigenvalue weighted by atomic mass is 9.66. The topological polar surface area (TPSA) is 46.5 Å². The van der Waals surface area contributed by atoms with Gasteiger partial charge in [0.25, 0.3) is 0 Å². The van der Waals surface area contributed by atoms with E-state index < -0.39 is 11.4 Å². The number of rotatable bonds is 4. The van der Waals surface area contributed by atoms with Gasteiger partial charge in [0, 0.05) is 25.7 Å². The minimum absolute atomic E-state index is 0.196. The van der Waals surface area contributed by atoms with Crippen LogP contribution in [0.5, 0.6) is 0 Å². The second-order valence-corrected chi connectivity index (χ2v) is 8.32. The molecule has 2 saturated heterocycles. The first-order chi connectivity index (χ1) is 11.3. The number of carbonyl (C=O) groups excluding carboxylic acids is 1. The van der Waals surface area contributed by atoms with Gasteiger partial charge in [-0.1, -0.05) is 30.3 Å². The van der Waals surface area contributed by atoms with Crippen molar-refractivity contribution in [1.29, 1.82) is 0 Å². The van der Waals surface area contributed by atoms with Crippen molar-refractivity contribution in [3.8, 4) is 0 Å². The molecular weight excluding hydrogens is 302 g/mol. The number of fused-ring (bicyclic) bond motifs is 2. The van der Waals surface area contributed by atoms with Gasteiger partial charge in [0.2, 0.25) is 0 Å². The number of carbonyl (C=O) groups is 1. The van der Waals surface area contributed by atoms with Gasteiger partial charge in [0.15, 0.2) is 0 Å². The Balaban J connectivity index is 1.96. The zero-order valence-corrected chi connectivity index (χ0v) is 15.2. The summed E-state index contributed by atoms with van der Waals surface area (Å²) in [6.07, 6.45) is 4.47. The molecule has 1 N–H and O–H groups in total. The number of quaternary nitrogens is 1. The van der Waals surface area contributed by atoms with Gasteiger partial charge in [-0.2, -0.15) is 5.26 Å². The molecule has 0 amide bonds. The van der Waals surface area contributed by atoms with Crippen molar-refractivity contribution in [3.63, 3.8) is 0 Å². The summed E-state index contributed by atoms with van der Waals surface area (Å²) in [7, 11) is 2.38. The third-order valence-corrected chi connectivity index (χ3v) is 7.33. The molecule has 1 aromatic carbocycles. The maximum Gasteiger partial charge on any atom is 0.352 e. The first-order valence-electron chi connectivity index (χ1n) is 9.12. The van der Waals surface area contributed by atoms with Gasteiger partial charge in [0.1, 0.15) is 0 Å². The van der Waals surface area contributed by atoms with E-state index in [1.54, 1.807) is 0 Å². The highest BCUT2D eigenvalue weighted by Gasteiger charge is 2.58. The van der Waals surface area contributed by atoms with Gasteiger partial charge in [-0.25, -0.2) is 4.79 Å². The number of benzene rings is 1. The van der Waals surface area contributed by atoms with Crippen molar-refractivity contribution < 1.29 is 19.4 Å². The van der Waals surface area contributed by atoms with E-state index in [1.807, 2.05) is 37.3 Å². The number of piperidine rings is 1. The van der Waals surface area contributed by atoms with E-state index in [9.17, 15) is 4.79 Å². The molecule has 4 heteroatoms. The number of hydrogen-bond acceptors (Lipinski definition) is 3. The highest BCUT2D eigenvalue weighted by atomic mass is 17.1. The molecule has 4 nitrogen and oxygen atoms in total. The van der Waals surface area contributed by atoms with Crippen LogP contribution in [0.4, 0.5) is 0 Å². The fraction of sp³-hybridized carbons (Fsp3) is 0.650. The van der Waals surface area contributed by atoms with Crippen molar-refractivity contribution in [2.45, 2.75) is 70.0 Å². The number of hydrogen-bond donors (Lipinski definition) is 1. The third kappa shape index (κ3) is 2.39. The van der Waals surface area contributed by atoms with E-state index in [0.29, 0.717) is 18.1 Å². The van der Waals surface area contributed by atoms with E-state index in [1.165, 1.54) is 12.8 Å². The van der Waals surface area contributed by atoms with E-state index in [0.717, 1.165) is 22.9 Å². The van der Waals surface area contributed by atoms with Crippen LogP contribution in [0.3, 0.4) is 0 Å². The smallest absolute Gasteiger partial charge is 0.319 e. The Labute approximate surface area is 144 Å². The lowest BCUT2D eigenvalue weighted by Crippen LogP contribution is -2.63. The second kappa shape index (κ2) is 6.16. The standard InChI is InChI=1S/C20H29NO3/c1-14(2)21(4)17-10-11-18(21)13-16(12-17)20(3,19(22)24-23)15-8-6-5-7-9-15/h5-9,14,16-18H,10-13H2,1-4H3/p+1. The van der Waals surface area contributed by atoms with Crippen LogP contribution < -0.4 is 0 Å². The summed E-state index contributed by atoms with van der Waals surface area (Å²) in [6.45, 7) is 6.56. The Hall–Kier alpha value is -1.39. The summed E-state index contributed by atoms with van der Waals surface area (Å²) >= 11 is 0. The Morgan fingerprint density at radius 2 is 1.75 bits per heavy atom. The maximum absolute atomic E-state index is 12.6. The van der Waals surface area contributed by atoms with Crippen molar-refractivity contribution in [2.75, 3.05) is 7.05 Å². The maximum atomic E-state index is 12.6. The molecule has 3 rings (SSSR count). The molecular formula is C20H30NO3+. The molecule has 0 saturated carbocycles. The van der Waals surface area contributed by atoms with E-state index in [2.05, 4.69) is 25.8 Å². The quantitative estimate of drug-likeness (QED) is 0.519. The molecule has 24 heavy (non-hydrogen) atoms. The average molecular weight is 332 g/mol. The molecule has 2 fully saturated rings. The second-order valence-electron chi connectivity index (χ2n) is 8.32. The van der Waals surface area contributed by atoms with Crippen molar-refractivity contribution >= 4 is 5.97 Å². The summed E-state index contributed by atoms with van der Waals surface area (Å²) in [6, 6.07) is 11.6. The molecule has 3 unspecified atom stereocenters. The molecule has 0 aromatic heterocycles. The van der Waals surface area contributed by atoms with E-state index in [4.69, 9.17) is 5.26 Å². The van der Waals surface area contributed by atoms with Gasteiger partial charge in [-0.15, -0.1) is 0 Å². The van der Waals surface area contributed by atoms with E-state index >= 15 is 0 Å². The molecule has 2 aliphatic rings. The minimum Gasteiger partial charge on any atom is -0.319 e. The molecule has 1 aromatic rings. The molecule has 0 radical (unpaired) electrons. The van der Waals surface area contributed by atoms with Crippen LogP contribution in [0.1, 0.15) is 52.0 Å². The predicted octanol–water partition coefficient (Wildman–Crippen LogP) is 3.76. The van der Waals surface area contributed by atoms with Crippen LogP contribution >= 0.6 is 0 Å². The van der Waals surface area contributed by atoms with Crippen LogP contribution in [0.15, 0.2) is 30.3 Å². The normalized spacial score (nSPS) is 34.8.